The van der Waals surface area contributed by atoms with Crippen molar-refractivity contribution in [1.29, 1.82) is 5.26 Å². The first-order chi connectivity index (χ1) is 6.29. The molecule has 0 unspecified atom stereocenters. The van der Waals surface area contributed by atoms with Gasteiger partial charge in [0.05, 0.1) is 12.5 Å². The van der Waals surface area contributed by atoms with Crippen LogP contribution in [0.4, 0.5) is 0 Å². The lowest BCUT2D eigenvalue weighted by Gasteiger charge is -2.12. The summed E-state index contributed by atoms with van der Waals surface area (Å²) < 4.78 is 0. The van der Waals surface area contributed by atoms with E-state index in [1.165, 1.54) is 5.56 Å². The highest BCUT2D eigenvalue weighted by atomic mass is 14.6. The summed E-state index contributed by atoms with van der Waals surface area (Å²) in [5.74, 6) is 0. The van der Waals surface area contributed by atoms with Crippen molar-refractivity contribution in [2.45, 2.75) is 25.8 Å². The third-order valence-corrected chi connectivity index (χ3v) is 2.15. The Morgan fingerprint density at radius 2 is 2.15 bits per heavy atom. The highest BCUT2D eigenvalue weighted by Gasteiger charge is 2.08. The van der Waals surface area contributed by atoms with Gasteiger partial charge in [-0.1, -0.05) is 31.2 Å². The minimum Gasteiger partial charge on any atom is -0.323 e. The van der Waals surface area contributed by atoms with Crippen LogP contribution in [-0.2, 0) is 6.42 Å². The quantitative estimate of drug-likeness (QED) is 0.763. The zero-order valence-corrected chi connectivity index (χ0v) is 7.83. The molecule has 0 aliphatic heterocycles. The molecule has 2 heteroatoms. The molecule has 0 bridgehead atoms. The smallest absolute Gasteiger partial charge is 0.0641 e. The van der Waals surface area contributed by atoms with Crippen LogP contribution in [0.1, 0.15) is 30.5 Å². The average molecular weight is 174 g/mol. The van der Waals surface area contributed by atoms with Crippen molar-refractivity contribution in [2.75, 3.05) is 0 Å². The Bertz CT molecular complexity index is 312. The molecule has 2 N–H and O–H groups in total. The Morgan fingerprint density at radius 1 is 1.46 bits per heavy atom. The van der Waals surface area contributed by atoms with E-state index in [9.17, 15) is 0 Å². The zero-order valence-electron chi connectivity index (χ0n) is 7.83. The van der Waals surface area contributed by atoms with Gasteiger partial charge in [0.15, 0.2) is 0 Å². The van der Waals surface area contributed by atoms with Crippen LogP contribution in [0.3, 0.4) is 0 Å². The van der Waals surface area contributed by atoms with Crippen LogP contribution in [-0.4, -0.2) is 0 Å². The fourth-order valence-electron chi connectivity index (χ4n) is 1.43. The highest BCUT2D eigenvalue weighted by molar-refractivity contribution is 5.30. The standard InChI is InChI=1S/C11H14N2/c1-2-9-5-3-4-6-10(9)11(13)7-8-12/h3-6,11H,2,7,13H2,1H3/t11-/m1/s1. The molecule has 0 saturated carbocycles. The van der Waals surface area contributed by atoms with Gasteiger partial charge in [0, 0.05) is 6.04 Å². The molecule has 0 saturated heterocycles. The maximum Gasteiger partial charge on any atom is 0.0641 e. The van der Waals surface area contributed by atoms with Crippen LogP contribution in [0, 0.1) is 11.3 Å². The van der Waals surface area contributed by atoms with Crippen LogP contribution < -0.4 is 5.73 Å². The molecule has 1 rings (SSSR count). The molecule has 0 aromatic heterocycles. The number of nitriles is 1. The second kappa shape index (κ2) is 4.64. The molecular weight excluding hydrogens is 160 g/mol. The summed E-state index contributed by atoms with van der Waals surface area (Å²) >= 11 is 0. The molecule has 0 spiro atoms. The van der Waals surface area contributed by atoms with Gasteiger partial charge in [-0.05, 0) is 17.5 Å². The second-order valence-electron chi connectivity index (χ2n) is 3.02. The van der Waals surface area contributed by atoms with Gasteiger partial charge in [-0.2, -0.15) is 5.26 Å². The SMILES string of the molecule is CCc1ccccc1[C@H](N)CC#N. The minimum absolute atomic E-state index is 0.138. The molecule has 68 valence electrons. The summed E-state index contributed by atoms with van der Waals surface area (Å²) in [5, 5.41) is 8.53. The Hall–Kier alpha value is -1.33. The number of aryl methyl sites for hydroxylation is 1. The lowest BCUT2D eigenvalue weighted by molar-refractivity contribution is 0.737. The molecule has 1 aromatic carbocycles. The van der Waals surface area contributed by atoms with E-state index in [0.29, 0.717) is 6.42 Å². The maximum absolute atomic E-state index is 8.53. The normalized spacial score (nSPS) is 12.1. The highest BCUT2D eigenvalue weighted by Crippen LogP contribution is 2.18. The predicted octanol–water partition coefficient (Wildman–Crippen LogP) is 2.16. The molecular formula is C11H14N2. The van der Waals surface area contributed by atoms with Gasteiger partial charge >= 0.3 is 0 Å². The third kappa shape index (κ3) is 2.30. The van der Waals surface area contributed by atoms with Gasteiger partial charge < -0.3 is 5.73 Å². The van der Waals surface area contributed by atoms with Gasteiger partial charge in [0.1, 0.15) is 0 Å². The van der Waals surface area contributed by atoms with Crippen molar-refractivity contribution >= 4 is 0 Å². The van der Waals surface area contributed by atoms with Crippen molar-refractivity contribution in [3.05, 3.63) is 35.4 Å². The van der Waals surface area contributed by atoms with Crippen molar-refractivity contribution in [3.8, 4) is 6.07 Å². The summed E-state index contributed by atoms with van der Waals surface area (Å²) in [6.45, 7) is 2.10. The summed E-state index contributed by atoms with van der Waals surface area (Å²) in [4.78, 5) is 0. The molecule has 0 aliphatic rings. The number of nitrogens with two attached hydrogens (primary N) is 1. The van der Waals surface area contributed by atoms with Crippen molar-refractivity contribution in [2.24, 2.45) is 5.73 Å². The first-order valence-electron chi connectivity index (χ1n) is 4.50. The largest absolute Gasteiger partial charge is 0.323 e. The molecule has 1 aromatic rings. The summed E-state index contributed by atoms with van der Waals surface area (Å²) in [6.07, 6.45) is 1.35. The summed E-state index contributed by atoms with van der Waals surface area (Å²) in [6, 6.07) is 9.98. The van der Waals surface area contributed by atoms with Crippen molar-refractivity contribution in [3.63, 3.8) is 0 Å². The third-order valence-electron chi connectivity index (χ3n) is 2.15. The van der Waals surface area contributed by atoms with E-state index in [4.69, 9.17) is 11.0 Å². The van der Waals surface area contributed by atoms with Gasteiger partial charge in [0.25, 0.3) is 0 Å². The Morgan fingerprint density at radius 3 is 2.77 bits per heavy atom. The molecule has 0 radical (unpaired) electrons. The van der Waals surface area contributed by atoms with Crippen LogP contribution >= 0.6 is 0 Å². The summed E-state index contributed by atoms with van der Waals surface area (Å²) in [5.41, 5.74) is 8.20. The monoisotopic (exact) mass is 174 g/mol. The van der Waals surface area contributed by atoms with Gasteiger partial charge in [-0.15, -0.1) is 0 Å². The van der Waals surface area contributed by atoms with E-state index in [1.54, 1.807) is 0 Å². The zero-order chi connectivity index (χ0) is 9.68. The Kier molecular flexibility index (Phi) is 3.48. The molecule has 13 heavy (non-hydrogen) atoms. The van der Waals surface area contributed by atoms with Gasteiger partial charge in [-0.25, -0.2) is 0 Å². The van der Waals surface area contributed by atoms with Gasteiger partial charge in [-0.3, -0.25) is 0 Å². The Labute approximate surface area is 79.0 Å². The van der Waals surface area contributed by atoms with Crippen molar-refractivity contribution in [1.82, 2.24) is 0 Å². The topological polar surface area (TPSA) is 49.8 Å². The lowest BCUT2D eigenvalue weighted by atomic mass is 9.98. The number of nitrogens with zero attached hydrogens (tertiary/aromatic N) is 1. The van der Waals surface area contributed by atoms with E-state index >= 15 is 0 Å². The number of rotatable bonds is 3. The fourth-order valence-corrected chi connectivity index (χ4v) is 1.43. The molecule has 2 nitrogen and oxygen atoms in total. The predicted molar refractivity (Wildman–Crippen MR) is 53.0 cm³/mol. The van der Waals surface area contributed by atoms with E-state index in [0.717, 1.165) is 12.0 Å². The number of hydrogen-bond donors (Lipinski definition) is 1. The van der Waals surface area contributed by atoms with Crippen LogP contribution in [0.5, 0.6) is 0 Å². The van der Waals surface area contributed by atoms with E-state index in [2.05, 4.69) is 19.1 Å². The maximum atomic E-state index is 8.53. The number of benzene rings is 1. The molecule has 1 atom stereocenters. The van der Waals surface area contributed by atoms with Crippen LogP contribution in [0.15, 0.2) is 24.3 Å². The molecule has 0 amide bonds. The van der Waals surface area contributed by atoms with Crippen LogP contribution in [0.2, 0.25) is 0 Å². The van der Waals surface area contributed by atoms with Crippen LogP contribution in [0.25, 0.3) is 0 Å². The summed E-state index contributed by atoms with van der Waals surface area (Å²) in [7, 11) is 0. The number of hydrogen-bond acceptors (Lipinski definition) is 2. The van der Waals surface area contributed by atoms with E-state index in [-0.39, 0.29) is 6.04 Å². The molecule has 0 fully saturated rings. The average Bonchev–Trinajstić information content (AvgIpc) is 2.18. The fraction of sp³-hybridized carbons (Fsp3) is 0.364. The van der Waals surface area contributed by atoms with Gasteiger partial charge in [0.2, 0.25) is 0 Å². The minimum atomic E-state index is -0.138. The van der Waals surface area contributed by atoms with E-state index in [1.807, 2.05) is 18.2 Å². The first kappa shape index (κ1) is 9.76. The Balaban J connectivity index is 2.93. The lowest BCUT2D eigenvalue weighted by Crippen LogP contribution is -2.11. The van der Waals surface area contributed by atoms with E-state index < -0.39 is 0 Å². The molecule has 0 aliphatic carbocycles. The first-order valence-corrected chi connectivity index (χ1v) is 4.50. The second-order valence-corrected chi connectivity index (χ2v) is 3.02. The van der Waals surface area contributed by atoms with Crippen molar-refractivity contribution < 1.29 is 0 Å². The molecule has 0 heterocycles.